The van der Waals surface area contributed by atoms with Gasteiger partial charge in [-0.15, -0.1) is 0 Å². The average Bonchev–Trinajstić information content (AvgIpc) is 3.20. The Hall–Kier alpha value is -3.97. The monoisotopic (exact) mass is 456 g/mol. The number of benzene rings is 3. The predicted octanol–water partition coefficient (Wildman–Crippen LogP) is 4.49. The van der Waals surface area contributed by atoms with Crippen LogP contribution in [-0.4, -0.2) is 46.5 Å². The maximum absolute atomic E-state index is 13.5. The lowest BCUT2D eigenvalue weighted by Crippen LogP contribution is -2.30. The quantitative estimate of drug-likeness (QED) is 0.424. The number of ether oxygens (including phenoxy) is 1. The topological polar surface area (TPSA) is 76.5 Å². The van der Waals surface area contributed by atoms with Crippen molar-refractivity contribution in [2.24, 2.45) is 7.05 Å². The number of methoxy groups -OCH3 is 1. The zero-order valence-corrected chi connectivity index (χ0v) is 19.6. The number of carbonyl (C=O) groups is 2. The minimum absolute atomic E-state index is 0.0852. The third-order valence-electron chi connectivity index (χ3n) is 5.68. The van der Waals surface area contributed by atoms with E-state index in [1.54, 1.807) is 17.0 Å². The highest BCUT2D eigenvalue weighted by atomic mass is 16.5. The summed E-state index contributed by atoms with van der Waals surface area (Å²) in [6.07, 6.45) is 0. The van der Waals surface area contributed by atoms with E-state index < -0.39 is 0 Å². The van der Waals surface area contributed by atoms with Gasteiger partial charge in [0.1, 0.15) is 12.4 Å². The number of hydrogen-bond donors (Lipinski definition) is 1. The molecule has 3 aromatic carbocycles. The van der Waals surface area contributed by atoms with Crippen LogP contribution in [0.1, 0.15) is 22.8 Å². The SMILES string of the molecule is CCN(Cc1ccccc1)C(=O)c1cc(NC(=O)COC)c2c(c1)nc(-c1ccccc1)n2C. The van der Waals surface area contributed by atoms with Gasteiger partial charge < -0.3 is 19.5 Å². The second-order valence-corrected chi connectivity index (χ2v) is 8.04. The van der Waals surface area contributed by atoms with Crippen LogP contribution < -0.4 is 5.32 Å². The standard InChI is InChI=1S/C27H28N4O3/c1-4-31(17-19-11-7-5-8-12-19)27(33)21-15-22(28-24(32)18-34-3)25-23(16-21)29-26(30(25)2)20-13-9-6-10-14-20/h5-16H,4,17-18H2,1-3H3,(H,28,32). The molecular weight excluding hydrogens is 428 g/mol. The normalized spacial score (nSPS) is 10.9. The number of fused-ring (bicyclic) bond motifs is 1. The molecule has 0 fully saturated rings. The van der Waals surface area contributed by atoms with Gasteiger partial charge >= 0.3 is 0 Å². The van der Waals surface area contributed by atoms with Crippen LogP contribution in [0.15, 0.2) is 72.8 Å². The summed E-state index contributed by atoms with van der Waals surface area (Å²) in [5, 5.41) is 2.90. The Labute approximate surface area is 199 Å². The Balaban J connectivity index is 1.79. The van der Waals surface area contributed by atoms with E-state index in [4.69, 9.17) is 9.72 Å². The first-order valence-electron chi connectivity index (χ1n) is 11.2. The molecule has 7 nitrogen and oxygen atoms in total. The summed E-state index contributed by atoms with van der Waals surface area (Å²) >= 11 is 0. The molecule has 0 unspecified atom stereocenters. The Morgan fingerprint density at radius 1 is 1.03 bits per heavy atom. The van der Waals surface area contributed by atoms with Gasteiger partial charge in [0, 0.05) is 38.4 Å². The molecule has 34 heavy (non-hydrogen) atoms. The van der Waals surface area contributed by atoms with Gasteiger partial charge in [0.25, 0.3) is 5.91 Å². The molecule has 0 radical (unpaired) electrons. The van der Waals surface area contributed by atoms with Crippen molar-refractivity contribution in [3.63, 3.8) is 0 Å². The molecule has 0 aliphatic carbocycles. The third-order valence-corrected chi connectivity index (χ3v) is 5.68. The maximum atomic E-state index is 13.5. The molecule has 174 valence electrons. The number of carbonyl (C=O) groups excluding carboxylic acids is 2. The Kier molecular flexibility index (Phi) is 7.04. The molecule has 7 heteroatoms. The fraction of sp³-hybridized carbons (Fsp3) is 0.222. The molecule has 2 amide bonds. The number of anilines is 1. The summed E-state index contributed by atoms with van der Waals surface area (Å²) in [5.41, 5.74) is 4.37. The number of aryl methyl sites for hydroxylation is 1. The van der Waals surface area contributed by atoms with Gasteiger partial charge in [-0.25, -0.2) is 4.98 Å². The summed E-state index contributed by atoms with van der Waals surface area (Å²) in [5.74, 6) is 0.328. The Morgan fingerprint density at radius 2 is 1.71 bits per heavy atom. The summed E-state index contributed by atoms with van der Waals surface area (Å²) in [7, 11) is 3.37. The number of aromatic nitrogens is 2. The molecule has 0 saturated heterocycles. The van der Waals surface area contributed by atoms with Crippen molar-refractivity contribution in [3.8, 4) is 11.4 Å². The van der Waals surface area contributed by atoms with Crippen LogP contribution in [0.4, 0.5) is 5.69 Å². The number of amides is 2. The zero-order valence-electron chi connectivity index (χ0n) is 19.6. The van der Waals surface area contributed by atoms with E-state index in [9.17, 15) is 9.59 Å². The van der Waals surface area contributed by atoms with Crippen LogP contribution in [-0.2, 0) is 23.1 Å². The lowest BCUT2D eigenvalue weighted by Gasteiger charge is -2.21. The number of hydrogen-bond acceptors (Lipinski definition) is 4. The van der Waals surface area contributed by atoms with E-state index in [1.165, 1.54) is 7.11 Å². The molecule has 1 N–H and O–H groups in total. The van der Waals surface area contributed by atoms with Crippen molar-refractivity contribution in [2.45, 2.75) is 13.5 Å². The van der Waals surface area contributed by atoms with Gasteiger partial charge in [-0.05, 0) is 24.6 Å². The number of nitrogens with one attached hydrogen (secondary N) is 1. The van der Waals surface area contributed by atoms with Crippen molar-refractivity contribution < 1.29 is 14.3 Å². The molecule has 4 rings (SSSR count). The highest BCUT2D eigenvalue weighted by Crippen LogP contribution is 2.31. The van der Waals surface area contributed by atoms with E-state index in [0.717, 1.165) is 22.5 Å². The van der Waals surface area contributed by atoms with Crippen LogP contribution in [0.2, 0.25) is 0 Å². The number of imidazole rings is 1. The molecule has 1 heterocycles. The summed E-state index contributed by atoms with van der Waals surface area (Å²) in [6.45, 7) is 2.92. The van der Waals surface area contributed by atoms with Crippen LogP contribution in [0, 0.1) is 0 Å². The highest BCUT2D eigenvalue weighted by molar-refractivity contribution is 6.06. The second-order valence-electron chi connectivity index (χ2n) is 8.04. The maximum Gasteiger partial charge on any atom is 0.254 e. The molecule has 0 saturated carbocycles. The van der Waals surface area contributed by atoms with Crippen molar-refractivity contribution in [3.05, 3.63) is 83.9 Å². The van der Waals surface area contributed by atoms with Crippen molar-refractivity contribution in [2.75, 3.05) is 25.6 Å². The average molecular weight is 457 g/mol. The van der Waals surface area contributed by atoms with Gasteiger partial charge in [-0.2, -0.15) is 0 Å². The van der Waals surface area contributed by atoms with Gasteiger partial charge in [0.15, 0.2) is 0 Å². The molecule has 0 aliphatic heterocycles. The minimum Gasteiger partial charge on any atom is -0.375 e. The Morgan fingerprint density at radius 3 is 2.35 bits per heavy atom. The van der Waals surface area contributed by atoms with Crippen LogP contribution >= 0.6 is 0 Å². The summed E-state index contributed by atoms with van der Waals surface area (Å²) in [6, 6.07) is 23.2. The van der Waals surface area contributed by atoms with Crippen LogP contribution in [0.3, 0.4) is 0 Å². The predicted molar refractivity (Wildman–Crippen MR) is 134 cm³/mol. The van der Waals surface area contributed by atoms with E-state index in [0.29, 0.717) is 29.9 Å². The lowest BCUT2D eigenvalue weighted by atomic mass is 10.1. The minimum atomic E-state index is -0.299. The Bertz CT molecular complexity index is 1300. The first-order valence-corrected chi connectivity index (χ1v) is 11.2. The van der Waals surface area contributed by atoms with Crippen molar-refractivity contribution in [1.29, 1.82) is 0 Å². The highest BCUT2D eigenvalue weighted by Gasteiger charge is 2.21. The van der Waals surface area contributed by atoms with Gasteiger partial charge in [0.2, 0.25) is 5.91 Å². The smallest absolute Gasteiger partial charge is 0.254 e. The first kappa shape index (κ1) is 23.2. The molecule has 0 atom stereocenters. The van der Waals surface area contributed by atoms with Crippen molar-refractivity contribution in [1.82, 2.24) is 14.5 Å². The van der Waals surface area contributed by atoms with E-state index >= 15 is 0 Å². The van der Waals surface area contributed by atoms with Gasteiger partial charge in [0.05, 0.1) is 16.7 Å². The van der Waals surface area contributed by atoms with Crippen LogP contribution in [0.25, 0.3) is 22.4 Å². The molecular formula is C27H28N4O3. The molecule has 0 spiro atoms. The molecule has 1 aromatic heterocycles. The molecule has 0 bridgehead atoms. The lowest BCUT2D eigenvalue weighted by molar-refractivity contribution is -0.119. The molecule has 4 aromatic rings. The van der Waals surface area contributed by atoms with Crippen LogP contribution in [0.5, 0.6) is 0 Å². The fourth-order valence-electron chi connectivity index (χ4n) is 4.05. The second kappa shape index (κ2) is 10.3. The molecule has 0 aliphatic rings. The number of nitrogens with zero attached hydrogens (tertiary/aromatic N) is 3. The van der Waals surface area contributed by atoms with Crippen molar-refractivity contribution >= 4 is 28.5 Å². The van der Waals surface area contributed by atoms with Gasteiger partial charge in [-0.3, -0.25) is 9.59 Å². The van der Waals surface area contributed by atoms with Gasteiger partial charge in [-0.1, -0.05) is 60.7 Å². The largest absolute Gasteiger partial charge is 0.375 e. The first-order chi connectivity index (χ1) is 16.5. The van der Waals surface area contributed by atoms with E-state index in [-0.39, 0.29) is 18.4 Å². The zero-order chi connectivity index (χ0) is 24.1. The fourth-order valence-corrected chi connectivity index (χ4v) is 4.05. The summed E-state index contributed by atoms with van der Waals surface area (Å²) in [4.78, 5) is 32.5. The third kappa shape index (κ3) is 4.84. The summed E-state index contributed by atoms with van der Waals surface area (Å²) < 4.78 is 6.92. The van der Waals surface area contributed by atoms with E-state index in [2.05, 4.69) is 5.32 Å². The number of rotatable bonds is 8. The van der Waals surface area contributed by atoms with E-state index in [1.807, 2.05) is 79.2 Å².